The third kappa shape index (κ3) is 6.84. The lowest BCUT2D eigenvalue weighted by Crippen LogP contribution is -2.34. The van der Waals surface area contributed by atoms with Crippen molar-refractivity contribution in [3.8, 4) is 11.5 Å². The molecule has 0 unspecified atom stereocenters. The van der Waals surface area contributed by atoms with E-state index in [2.05, 4.69) is 26.6 Å². The van der Waals surface area contributed by atoms with E-state index in [4.69, 9.17) is 21.7 Å². The lowest BCUT2D eigenvalue weighted by molar-refractivity contribution is 0.0977. The first-order chi connectivity index (χ1) is 12.9. The van der Waals surface area contributed by atoms with Crippen molar-refractivity contribution in [2.75, 3.05) is 11.9 Å². The molecule has 0 aliphatic heterocycles. The Balaban J connectivity index is 1.97. The van der Waals surface area contributed by atoms with Crippen molar-refractivity contribution in [1.29, 1.82) is 0 Å². The summed E-state index contributed by atoms with van der Waals surface area (Å²) in [5, 5.41) is 5.88. The van der Waals surface area contributed by atoms with E-state index in [1.54, 1.807) is 18.2 Å². The zero-order valence-corrected chi connectivity index (χ0v) is 17.9. The predicted octanol–water partition coefficient (Wildman–Crippen LogP) is 5.15. The number of thiocarbonyl (C=S) groups is 1. The first-order valence-corrected chi connectivity index (χ1v) is 9.90. The topological polar surface area (TPSA) is 59.6 Å². The van der Waals surface area contributed by atoms with Crippen LogP contribution in [0.3, 0.4) is 0 Å². The van der Waals surface area contributed by atoms with Crippen LogP contribution in [0.1, 0.15) is 37.6 Å². The molecule has 0 aromatic heterocycles. The molecule has 0 atom stereocenters. The standard InChI is InChI=1S/C20H23BrN2O3S/c1-4-10-25-16-7-5-6-15(12-16)22-20(27)23-19(24)14-8-9-18(17(21)11-14)26-13(2)3/h5-9,11-13H,4,10H2,1-3H3,(H2,22,23,24,27). The number of hydrogen-bond acceptors (Lipinski definition) is 4. The van der Waals surface area contributed by atoms with E-state index in [0.29, 0.717) is 22.4 Å². The van der Waals surface area contributed by atoms with Gasteiger partial charge in [0.25, 0.3) is 5.91 Å². The third-order valence-corrected chi connectivity index (χ3v) is 4.17. The second-order valence-corrected chi connectivity index (χ2v) is 7.36. The Morgan fingerprint density at radius 1 is 1.22 bits per heavy atom. The van der Waals surface area contributed by atoms with Crippen LogP contribution in [-0.4, -0.2) is 23.7 Å². The van der Waals surface area contributed by atoms with Crippen molar-refractivity contribution in [3.63, 3.8) is 0 Å². The van der Waals surface area contributed by atoms with Crippen molar-refractivity contribution in [2.45, 2.75) is 33.3 Å². The maximum Gasteiger partial charge on any atom is 0.257 e. The van der Waals surface area contributed by atoms with Crippen LogP contribution in [0.25, 0.3) is 0 Å². The van der Waals surface area contributed by atoms with Gasteiger partial charge in [-0.1, -0.05) is 13.0 Å². The van der Waals surface area contributed by atoms with Gasteiger partial charge >= 0.3 is 0 Å². The van der Waals surface area contributed by atoms with Crippen molar-refractivity contribution >= 4 is 44.9 Å². The molecule has 2 N–H and O–H groups in total. The molecule has 2 rings (SSSR count). The summed E-state index contributed by atoms with van der Waals surface area (Å²) in [5.74, 6) is 1.13. The number of benzene rings is 2. The highest BCUT2D eigenvalue weighted by Crippen LogP contribution is 2.27. The lowest BCUT2D eigenvalue weighted by Gasteiger charge is -2.13. The smallest absolute Gasteiger partial charge is 0.257 e. The summed E-state index contributed by atoms with van der Waals surface area (Å²) in [6, 6.07) is 12.6. The summed E-state index contributed by atoms with van der Waals surface area (Å²) in [6.07, 6.45) is 0.984. The van der Waals surface area contributed by atoms with E-state index >= 15 is 0 Å². The first kappa shape index (κ1) is 21.2. The molecular weight excluding hydrogens is 428 g/mol. The predicted molar refractivity (Wildman–Crippen MR) is 116 cm³/mol. The molecule has 0 bridgehead atoms. The number of hydrogen-bond donors (Lipinski definition) is 2. The molecule has 0 saturated heterocycles. The number of anilines is 1. The molecule has 0 aliphatic rings. The number of nitrogens with one attached hydrogen (secondary N) is 2. The number of carbonyl (C=O) groups excluding carboxylic acids is 1. The normalized spacial score (nSPS) is 10.4. The number of rotatable bonds is 7. The summed E-state index contributed by atoms with van der Waals surface area (Å²) in [4.78, 5) is 12.4. The molecule has 2 aromatic rings. The Bertz CT molecular complexity index is 812. The average molecular weight is 451 g/mol. The fraction of sp³-hybridized carbons (Fsp3) is 0.300. The van der Waals surface area contributed by atoms with E-state index in [9.17, 15) is 4.79 Å². The van der Waals surface area contributed by atoms with Gasteiger partial charge < -0.3 is 14.8 Å². The van der Waals surface area contributed by atoms with Crippen molar-refractivity contribution in [1.82, 2.24) is 5.32 Å². The summed E-state index contributed by atoms with van der Waals surface area (Å²) in [7, 11) is 0. The Kier molecular flexibility index (Phi) is 8.06. The van der Waals surface area contributed by atoms with Gasteiger partial charge in [0.15, 0.2) is 5.11 Å². The van der Waals surface area contributed by atoms with E-state index in [0.717, 1.165) is 17.9 Å². The van der Waals surface area contributed by atoms with Crippen LogP contribution >= 0.6 is 28.1 Å². The quantitative estimate of drug-likeness (QED) is 0.570. The molecule has 0 heterocycles. The summed E-state index contributed by atoms with van der Waals surface area (Å²) in [5.41, 5.74) is 1.22. The van der Waals surface area contributed by atoms with Gasteiger partial charge in [-0.3, -0.25) is 10.1 Å². The van der Waals surface area contributed by atoms with E-state index in [1.165, 1.54) is 0 Å². The van der Waals surface area contributed by atoms with Crippen LogP contribution in [0.5, 0.6) is 11.5 Å². The van der Waals surface area contributed by atoms with Gasteiger partial charge in [0.1, 0.15) is 11.5 Å². The maximum absolute atomic E-state index is 12.4. The number of carbonyl (C=O) groups is 1. The SMILES string of the molecule is CCCOc1cccc(NC(=S)NC(=O)c2ccc(OC(C)C)c(Br)c2)c1. The van der Waals surface area contributed by atoms with E-state index in [-0.39, 0.29) is 17.1 Å². The molecule has 0 saturated carbocycles. The highest BCUT2D eigenvalue weighted by atomic mass is 79.9. The van der Waals surface area contributed by atoms with Crippen LogP contribution in [0.2, 0.25) is 0 Å². The Hall–Kier alpha value is -2.12. The monoisotopic (exact) mass is 450 g/mol. The van der Waals surface area contributed by atoms with E-state index < -0.39 is 0 Å². The molecule has 0 radical (unpaired) electrons. The highest BCUT2D eigenvalue weighted by molar-refractivity contribution is 9.10. The molecule has 144 valence electrons. The van der Waals surface area contributed by atoms with Gasteiger partial charge in [0, 0.05) is 17.3 Å². The zero-order valence-electron chi connectivity index (χ0n) is 15.5. The largest absolute Gasteiger partial charge is 0.494 e. The molecular formula is C20H23BrN2O3S. The molecule has 2 aromatic carbocycles. The maximum atomic E-state index is 12.4. The molecule has 1 amide bonds. The summed E-state index contributed by atoms with van der Waals surface area (Å²) >= 11 is 8.66. The van der Waals surface area contributed by atoms with E-state index in [1.807, 2.05) is 45.0 Å². The molecule has 0 spiro atoms. The van der Waals surface area contributed by atoms with Crippen LogP contribution in [-0.2, 0) is 0 Å². The van der Waals surface area contributed by atoms with Gasteiger partial charge in [-0.2, -0.15) is 0 Å². The second-order valence-electron chi connectivity index (χ2n) is 6.10. The lowest BCUT2D eigenvalue weighted by atomic mass is 10.2. The first-order valence-electron chi connectivity index (χ1n) is 8.70. The van der Waals surface area contributed by atoms with Gasteiger partial charge in [-0.05, 0) is 78.7 Å². The zero-order chi connectivity index (χ0) is 19.8. The minimum Gasteiger partial charge on any atom is -0.494 e. The highest BCUT2D eigenvalue weighted by Gasteiger charge is 2.12. The average Bonchev–Trinajstić information content (AvgIpc) is 2.61. The Labute approximate surface area is 173 Å². The Morgan fingerprint density at radius 3 is 2.67 bits per heavy atom. The van der Waals surface area contributed by atoms with Crippen LogP contribution in [0.15, 0.2) is 46.9 Å². The summed E-state index contributed by atoms with van der Waals surface area (Å²) < 4.78 is 12.0. The van der Waals surface area contributed by atoms with Crippen molar-refractivity contribution in [2.24, 2.45) is 0 Å². The fourth-order valence-electron chi connectivity index (χ4n) is 2.21. The second kappa shape index (κ2) is 10.3. The molecule has 7 heteroatoms. The van der Waals surface area contributed by atoms with Crippen LogP contribution < -0.4 is 20.1 Å². The molecule has 5 nitrogen and oxygen atoms in total. The summed E-state index contributed by atoms with van der Waals surface area (Å²) in [6.45, 7) is 6.58. The fourth-order valence-corrected chi connectivity index (χ4v) is 2.90. The number of halogens is 1. The molecule has 0 fully saturated rings. The van der Waals surface area contributed by atoms with Crippen LogP contribution in [0, 0.1) is 0 Å². The number of amides is 1. The van der Waals surface area contributed by atoms with Crippen molar-refractivity contribution < 1.29 is 14.3 Å². The van der Waals surface area contributed by atoms with Gasteiger partial charge in [-0.25, -0.2) is 0 Å². The molecule has 0 aliphatic carbocycles. The van der Waals surface area contributed by atoms with Gasteiger partial charge in [0.2, 0.25) is 0 Å². The van der Waals surface area contributed by atoms with Gasteiger partial charge in [0.05, 0.1) is 17.2 Å². The third-order valence-electron chi connectivity index (χ3n) is 3.35. The number of ether oxygens (including phenoxy) is 2. The Morgan fingerprint density at radius 2 is 2.00 bits per heavy atom. The van der Waals surface area contributed by atoms with Gasteiger partial charge in [-0.15, -0.1) is 0 Å². The minimum atomic E-state index is -0.303. The van der Waals surface area contributed by atoms with Crippen LogP contribution in [0.4, 0.5) is 5.69 Å². The molecule has 27 heavy (non-hydrogen) atoms. The minimum absolute atomic E-state index is 0.0508. The van der Waals surface area contributed by atoms with Crippen molar-refractivity contribution in [3.05, 3.63) is 52.5 Å².